The summed E-state index contributed by atoms with van der Waals surface area (Å²) >= 11 is 0. The van der Waals surface area contributed by atoms with Crippen molar-refractivity contribution in [2.45, 2.75) is 31.7 Å². The molecule has 3 aromatic heterocycles. The van der Waals surface area contributed by atoms with E-state index in [-0.39, 0.29) is 0 Å². The smallest absolute Gasteiger partial charge is 0.146 e. The largest absolute Gasteiger partial charge is 0.399 e. The number of nitrogens with two attached hydrogens (primary N) is 2. The van der Waals surface area contributed by atoms with Crippen LogP contribution in [0.15, 0.2) is 30.7 Å². The van der Waals surface area contributed by atoms with Crippen LogP contribution < -0.4 is 11.5 Å². The van der Waals surface area contributed by atoms with Gasteiger partial charge in [0.1, 0.15) is 23.6 Å². The Morgan fingerprint density at radius 3 is 2.80 bits per heavy atom. The van der Waals surface area contributed by atoms with Gasteiger partial charge in [0.05, 0.1) is 16.4 Å². The SMILES string of the molecule is Nc1ccc2nc(-c3cn(C4CCCC4)c4ncnc(N)c34)[nH]c2c1. The molecule has 0 atom stereocenters. The zero-order chi connectivity index (χ0) is 17.0. The van der Waals surface area contributed by atoms with E-state index in [4.69, 9.17) is 16.5 Å². The van der Waals surface area contributed by atoms with Gasteiger partial charge < -0.3 is 21.0 Å². The third-order valence-electron chi connectivity index (χ3n) is 5.12. The molecule has 7 nitrogen and oxygen atoms in total. The summed E-state index contributed by atoms with van der Waals surface area (Å²) in [4.78, 5) is 16.8. The number of nitrogen functional groups attached to an aromatic ring is 2. The van der Waals surface area contributed by atoms with Crippen LogP contribution in [0.25, 0.3) is 33.5 Å². The maximum absolute atomic E-state index is 6.20. The Balaban J connectivity index is 1.76. The number of rotatable bonds is 2. The van der Waals surface area contributed by atoms with E-state index >= 15 is 0 Å². The number of hydrogen-bond acceptors (Lipinski definition) is 5. The topological polar surface area (TPSA) is 111 Å². The van der Waals surface area contributed by atoms with Gasteiger partial charge in [-0.05, 0) is 31.0 Å². The molecule has 1 aromatic carbocycles. The van der Waals surface area contributed by atoms with Gasteiger partial charge in [-0.3, -0.25) is 0 Å². The molecule has 0 spiro atoms. The predicted molar refractivity (Wildman–Crippen MR) is 98.9 cm³/mol. The Kier molecular flexibility index (Phi) is 2.97. The number of nitrogens with zero attached hydrogens (tertiary/aromatic N) is 4. The Morgan fingerprint density at radius 1 is 1.12 bits per heavy atom. The molecule has 1 saturated carbocycles. The van der Waals surface area contributed by atoms with Crippen molar-refractivity contribution in [2.24, 2.45) is 0 Å². The van der Waals surface area contributed by atoms with Crippen molar-refractivity contribution in [3.63, 3.8) is 0 Å². The highest BCUT2D eigenvalue weighted by Crippen LogP contribution is 2.38. The van der Waals surface area contributed by atoms with Crippen molar-refractivity contribution in [3.05, 3.63) is 30.7 Å². The molecule has 5 rings (SSSR count). The molecule has 1 fully saturated rings. The molecule has 0 bridgehead atoms. The first-order chi connectivity index (χ1) is 12.2. The van der Waals surface area contributed by atoms with E-state index in [9.17, 15) is 0 Å². The molecule has 0 unspecified atom stereocenters. The minimum atomic E-state index is 0.463. The average molecular weight is 333 g/mol. The fourth-order valence-corrected chi connectivity index (χ4v) is 3.90. The van der Waals surface area contributed by atoms with Crippen molar-refractivity contribution in [1.29, 1.82) is 0 Å². The van der Waals surface area contributed by atoms with Crippen molar-refractivity contribution in [2.75, 3.05) is 11.5 Å². The first kappa shape index (κ1) is 14.3. The molecule has 1 aliphatic carbocycles. The summed E-state index contributed by atoms with van der Waals surface area (Å²) in [6.45, 7) is 0. The van der Waals surface area contributed by atoms with E-state index in [1.54, 1.807) is 0 Å². The van der Waals surface area contributed by atoms with E-state index < -0.39 is 0 Å². The van der Waals surface area contributed by atoms with Crippen molar-refractivity contribution in [3.8, 4) is 11.4 Å². The Labute approximate surface area is 144 Å². The van der Waals surface area contributed by atoms with Crippen LogP contribution in [0.5, 0.6) is 0 Å². The van der Waals surface area contributed by atoms with Gasteiger partial charge >= 0.3 is 0 Å². The second-order valence-corrected chi connectivity index (χ2v) is 6.71. The van der Waals surface area contributed by atoms with Gasteiger partial charge in [-0.1, -0.05) is 12.8 Å². The summed E-state index contributed by atoms with van der Waals surface area (Å²) in [6, 6.07) is 6.12. The van der Waals surface area contributed by atoms with E-state index in [0.29, 0.717) is 17.5 Å². The van der Waals surface area contributed by atoms with Crippen LogP contribution in [-0.4, -0.2) is 24.5 Å². The van der Waals surface area contributed by atoms with Crippen molar-refractivity contribution < 1.29 is 0 Å². The fraction of sp³-hybridized carbons (Fsp3) is 0.278. The monoisotopic (exact) mass is 333 g/mol. The molecule has 1 aliphatic rings. The maximum Gasteiger partial charge on any atom is 0.146 e. The number of aromatic nitrogens is 5. The first-order valence-corrected chi connectivity index (χ1v) is 8.57. The van der Waals surface area contributed by atoms with Gasteiger partial charge in [0.15, 0.2) is 0 Å². The van der Waals surface area contributed by atoms with Gasteiger partial charge in [0, 0.05) is 23.5 Å². The summed E-state index contributed by atoms with van der Waals surface area (Å²) in [7, 11) is 0. The van der Waals surface area contributed by atoms with Crippen molar-refractivity contribution >= 4 is 33.6 Å². The molecule has 25 heavy (non-hydrogen) atoms. The number of anilines is 2. The molecule has 4 aromatic rings. The molecule has 0 saturated heterocycles. The van der Waals surface area contributed by atoms with Gasteiger partial charge in [0.25, 0.3) is 0 Å². The lowest BCUT2D eigenvalue weighted by atomic mass is 10.2. The zero-order valence-corrected chi connectivity index (χ0v) is 13.7. The van der Waals surface area contributed by atoms with Crippen LogP contribution in [0.1, 0.15) is 31.7 Å². The molecule has 0 radical (unpaired) electrons. The molecule has 3 heterocycles. The van der Waals surface area contributed by atoms with Gasteiger partial charge in [-0.25, -0.2) is 15.0 Å². The van der Waals surface area contributed by atoms with E-state index in [1.807, 2.05) is 18.2 Å². The minimum Gasteiger partial charge on any atom is -0.399 e. The van der Waals surface area contributed by atoms with Crippen LogP contribution in [0.2, 0.25) is 0 Å². The molecule has 5 N–H and O–H groups in total. The second-order valence-electron chi connectivity index (χ2n) is 6.71. The highest BCUT2D eigenvalue weighted by atomic mass is 15.1. The van der Waals surface area contributed by atoms with Gasteiger partial charge in [0.2, 0.25) is 0 Å². The van der Waals surface area contributed by atoms with E-state index in [1.165, 1.54) is 32.0 Å². The summed E-state index contributed by atoms with van der Waals surface area (Å²) in [6.07, 6.45) is 8.50. The molecular formula is C18H19N7. The van der Waals surface area contributed by atoms with Crippen LogP contribution >= 0.6 is 0 Å². The Hall–Kier alpha value is -3.09. The number of hydrogen-bond donors (Lipinski definition) is 3. The Morgan fingerprint density at radius 2 is 1.96 bits per heavy atom. The molecule has 0 aliphatic heterocycles. The van der Waals surface area contributed by atoms with Crippen LogP contribution in [0, 0.1) is 0 Å². The Bertz CT molecular complexity index is 1090. The molecular weight excluding hydrogens is 314 g/mol. The molecule has 7 heteroatoms. The summed E-state index contributed by atoms with van der Waals surface area (Å²) in [5.74, 6) is 1.25. The third kappa shape index (κ3) is 2.15. The first-order valence-electron chi connectivity index (χ1n) is 8.57. The second kappa shape index (κ2) is 5.20. The van der Waals surface area contributed by atoms with Crippen LogP contribution in [-0.2, 0) is 0 Å². The summed E-state index contributed by atoms with van der Waals surface area (Å²) < 4.78 is 2.25. The number of imidazole rings is 1. The van der Waals surface area contributed by atoms with Crippen LogP contribution in [0.4, 0.5) is 11.5 Å². The summed E-state index contributed by atoms with van der Waals surface area (Å²) in [5.41, 5.74) is 16.4. The van der Waals surface area contributed by atoms with E-state index in [0.717, 1.165) is 33.5 Å². The normalized spacial score (nSPS) is 15.5. The minimum absolute atomic E-state index is 0.463. The number of nitrogens with one attached hydrogen (secondary N) is 1. The van der Waals surface area contributed by atoms with E-state index in [2.05, 4.69) is 25.7 Å². The zero-order valence-electron chi connectivity index (χ0n) is 13.7. The van der Waals surface area contributed by atoms with Crippen LogP contribution in [0.3, 0.4) is 0 Å². The van der Waals surface area contributed by atoms with Gasteiger partial charge in [-0.2, -0.15) is 0 Å². The lowest BCUT2D eigenvalue weighted by Gasteiger charge is -2.12. The fourth-order valence-electron chi connectivity index (χ4n) is 3.90. The predicted octanol–water partition coefficient (Wildman–Crippen LogP) is 3.25. The number of fused-ring (bicyclic) bond motifs is 2. The highest BCUT2D eigenvalue weighted by Gasteiger charge is 2.24. The maximum atomic E-state index is 6.20. The summed E-state index contributed by atoms with van der Waals surface area (Å²) in [5, 5.41) is 0.862. The number of H-pyrrole nitrogens is 1. The number of aromatic amines is 1. The lowest BCUT2D eigenvalue weighted by molar-refractivity contribution is 0.532. The molecule has 126 valence electrons. The average Bonchev–Trinajstić information content (AvgIpc) is 3.32. The quantitative estimate of drug-likeness (QED) is 0.488. The lowest BCUT2D eigenvalue weighted by Crippen LogP contribution is -2.04. The van der Waals surface area contributed by atoms with Gasteiger partial charge in [-0.15, -0.1) is 0 Å². The number of benzene rings is 1. The highest BCUT2D eigenvalue weighted by molar-refractivity contribution is 6.00. The van der Waals surface area contributed by atoms with Crippen molar-refractivity contribution in [1.82, 2.24) is 24.5 Å². The standard InChI is InChI=1S/C18H19N7/c19-10-5-6-13-14(7-10)24-17(23-13)12-8-25(11-3-1-2-4-11)18-15(12)16(20)21-9-22-18/h5-9,11H,1-4,19H2,(H,23,24)(H2,20,21,22). The third-order valence-corrected chi connectivity index (χ3v) is 5.12. The molecule has 0 amide bonds.